The van der Waals surface area contributed by atoms with Crippen LogP contribution in [0, 0.1) is 6.92 Å². The summed E-state index contributed by atoms with van der Waals surface area (Å²) in [7, 11) is 2.22. The maximum absolute atomic E-state index is 2.59. The second kappa shape index (κ2) is 5.02. The summed E-state index contributed by atoms with van der Waals surface area (Å²) < 4.78 is 0. The lowest BCUT2D eigenvalue weighted by molar-refractivity contribution is 0.148. The first-order valence-corrected chi connectivity index (χ1v) is 7.22. The van der Waals surface area contributed by atoms with Crippen LogP contribution in [0.2, 0.25) is 0 Å². The van der Waals surface area contributed by atoms with Crippen LogP contribution in [0.3, 0.4) is 0 Å². The first kappa shape index (κ1) is 12.2. The first-order valence-electron chi connectivity index (χ1n) is 7.22. The van der Waals surface area contributed by atoms with Gasteiger partial charge in [-0.1, -0.05) is 23.8 Å². The highest BCUT2D eigenvalue weighted by atomic mass is 15.2. The van der Waals surface area contributed by atoms with E-state index in [9.17, 15) is 0 Å². The van der Waals surface area contributed by atoms with Crippen molar-refractivity contribution < 1.29 is 0 Å². The number of hydrogen-bond donors (Lipinski definition) is 0. The van der Waals surface area contributed by atoms with Crippen LogP contribution < -0.4 is 0 Å². The van der Waals surface area contributed by atoms with E-state index < -0.39 is 0 Å². The zero-order chi connectivity index (χ0) is 12.5. The van der Waals surface area contributed by atoms with Crippen molar-refractivity contribution in [2.75, 3.05) is 33.2 Å². The van der Waals surface area contributed by atoms with Crippen molar-refractivity contribution in [1.29, 1.82) is 0 Å². The highest BCUT2D eigenvalue weighted by molar-refractivity contribution is 5.33. The summed E-state index contributed by atoms with van der Waals surface area (Å²) in [4.78, 5) is 5.01. The average molecular weight is 244 g/mol. The van der Waals surface area contributed by atoms with Gasteiger partial charge in [-0.3, -0.25) is 4.90 Å². The molecule has 0 radical (unpaired) electrons. The van der Waals surface area contributed by atoms with Gasteiger partial charge in [-0.25, -0.2) is 0 Å². The zero-order valence-electron chi connectivity index (χ0n) is 11.7. The highest BCUT2D eigenvalue weighted by Gasteiger charge is 2.24. The fourth-order valence-electron chi connectivity index (χ4n) is 2.90. The van der Waals surface area contributed by atoms with Gasteiger partial charge >= 0.3 is 0 Å². The van der Waals surface area contributed by atoms with Crippen molar-refractivity contribution in [3.8, 4) is 0 Å². The second-order valence-corrected chi connectivity index (χ2v) is 6.11. The lowest BCUT2D eigenvalue weighted by Gasteiger charge is -2.32. The van der Waals surface area contributed by atoms with Crippen molar-refractivity contribution in [3.63, 3.8) is 0 Å². The summed E-state index contributed by atoms with van der Waals surface area (Å²) in [6.07, 6.45) is 2.80. The maximum Gasteiger partial charge on any atom is 0.0235 e. The van der Waals surface area contributed by atoms with Gasteiger partial charge in [0, 0.05) is 32.7 Å². The van der Waals surface area contributed by atoms with Gasteiger partial charge in [-0.15, -0.1) is 0 Å². The van der Waals surface area contributed by atoms with E-state index in [2.05, 4.69) is 42.0 Å². The van der Waals surface area contributed by atoms with Crippen LogP contribution in [0.5, 0.6) is 0 Å². The van der Waals surface area contributed by atoms with E-state index in [4.69, 9.17) is 0 Å². The summed E-state index contributed by atoms with van der Waals surface area (Å²) in [5.74, 6) is 0.871. The molecule has 1 aromatic carbocycles. The molecule has 2 fully saturated rings. The van der Waals surface area contributed by atoms with Gasteiger partial charge in [0.1, 0.15) is 0 Å². The Morgan fingerprint density at radius 2 is 1.78 bits per heavy atom. The number of benzene rings is 1. The van der Waals surface area contributed by atoms with E-state index in [1.54, 1.807) is 5.56 Å². The molecule has 0 bridgehead atoms. The van der Waals surface area contributed by atoms with Crippen LogP contribution in [0.25, 0.3) is 0 Å². The Morgan fingerprint density at radius 3 is 2.44 bits per heavy atom. The van der Waals surface area contributed by atoms with Gasteiger partial charge in [0.2, 0.25) is 0 Å². The minimum absolute atomic E-state index is 0.871. The van der Waals surface area contributed by atoms with Crippen molar-refractivity contribution in [2.45, 2.75) is 32.2 Å². The van der Waals surface area contributed by atoms with Gasteiger partial charge in [-0.05, 0) is 43.9 Å². The molecule has 1 aliphatic carbocycles. The third kappa shape index (κ3) is 2.93. The van der Waals surface area contributed by atoms with Crippen LogP contribution in [0.4, 0.5) is 0 Å². The van der Waals surface area contributed by atoms with E-state index in [0.29, 0.717) is 0 Å². The number of likely N-dealkylation sites (N-methyl/N-ethyl adjacent to an activating group) is 1. The molecule has 1 heterocycles. The number of aryl methyl sites for hydroxylation is 1. The largest absolute Gasteiger partial charge is 0.304 e. The third-order valence-corrected chi connectivity index (χ3v) is 4.21. The summed E-state index contributed by atoms with van der Waals surface area (Å²) >= 11 is 0. The quantitative estimate of drug-likeness (QED) is 0.806. The SMILES string of the molecule is Cc1cc(CN2CCN(C)CC2)cc(C2CC2)c1. The van der Waals surface area contributed by atoms with Gasteiger partial charge in [0.15, 0.2) is 0 Å². The predicted octanol–water partition coefficient (Wildman–Crippen LogP) is 2.62. The lowest BCUT2D eigenvalue weighted by atomic mass is 10.0. The molecule has 0 aromatic heterocycles. The molecule has 18 heavy (non-hydrogen) atoms. The Kier molecular flexibility index (Phi) is 3.40. The minimum atomic E-state index is 0.871. The van der Waals surface area contributed by atoms with Crippen LogP contribution in [0.1, 0.15) is 35.4 Å². The van der Waals surface area contributed by atoms with Gasteiger partial charge in [-0.2, -0.15) is 0 Å². The second-order valence-electron chi connectivity index (χ2n) is 6.11. The molecule has 2 aliphatic rings. The van der Waals surface area contributed by atoms with Crippen molar-refractivity contribution >= 4 is 0 Å². The van der Waals surface area contributed by atoms with Crippen LogP contribution in [-0.2, 0) is 6.54 Å². The fraction of sp³-hybridized carbons (Fsp3) is 0.625. The number of piperazine rings is 1. The Bertz CT molecular complexity index is 415. The Balaban J connectivity index is 1.68. The van der Waals surface area contributed by atoms with Gasteiger partial charge < -0.3 is 4.90 Å². The first-order chi connectivity index (χ1) is 8.70. The standard InChI is InChI=1S/C16H24N2/c1-13-9-14(11-16(10-13)15-3-4-15)12-18-7-5-17(2)6-8-18/h9-11,15H,3-8,12H2,1-2H3. The number of hydrogen-bond acceptors (Lipinski definition) is 2. The molecular weight excluding hydrogens is 220 g/mol. The smallest absolute Gasteiger partial charge is 0.0235 e. The average Bonchev–Trinajstić information content (AvgIpc) is 3.15. The van der Waals surface area contributed by atoms with Crippen LogP contribution in [-0.4, -0.2) is 43.0 Å². The summed E-state index contributed by atoms with van der Waals surface area (Å²) in [6.45, 7) is 8.21. The molecule has 2 heteroatoms. The normalized spacial score (nSPS) is 22.3. The van der Waals surface area contributed by atoms with E-state index in [-0.39, 0.29) is 0 Å². The zero-order valence-corrected chi connectivity index (χ0v) is 11.7. The molecule has 1 aromatic rings. The Hall–Kier alpha value is -0.860. The Labute approximate surface area is 111 Å². The van der Waals surface area contributed by atoms with E-state index in [0.717, 1.165) is 12.5 Å². The summed E-state index contributed by atoms with van der Waals surface area (Å²) in [5.41, 5.74) is 4.53. The molecule has 0 atom stereocenters. The van der Waals surface area contributed by atoms with Crippen LogP contribution in [0.15, 0.2) is 18.2 Å². The van der Waals surface area contributed by atoms with E-state index >= 15 is 0 Å². The molecule has 0 amide bonds. The minimum Gasteiger partial charge on any atom is -0.304 e. The molecule has 3 rings (SSSR count). The maximum atomic E-state index is 2.59. The topological polar surface area (TPSA) is 6.48 Å². The lowest BCUT2D eigenvalue weighted by Crippen LogP contribution is -2.43. The Morgan fingerprint density at radius 1 is 1.06 bits per heavy atom. The van der Waals surface area contributed by atoms with Gasteiger partial charge in [0.05, 0.1) is 0 Å². The molecule has 1 aliphatic heterocycles. The summed E-state index contributed by atoms with van der Waals surface area (Å²) in [5, 5.41) is 0. The number of rotatable bonds is 3. The molecule has 0 unspecified atom stereocenters. The van der Waals surface area contributed by atoms with Gasteiger partial charge in [0.25, 0.3) is 0 Å². The van der Waals surface area contributed by atoms with Crippen molar-refractivity contribution in [2.24, 2.45) is 0 Å². The fourth-order valence-corrected chi connectivity index (χ4v) is 2.90. The molecular formula is C16H24N2. The highest BCUT2D eigenvalue weighted by Crippen LogP contribution is 2.40. The monoisotopic (exact) mass is 244 g/mol. The summed E-state index contributed by atoms with van der Waals surface area (Å²) in [6, 6.07) is 7.19. The predicted molar refractivity (Wildman–Crippen MR) is 75.9 cm³/mol. The number of nitrogens with zero attached hydrogens (tertiary/aromatic N) is 2. The molecule has 0 N–H and O–H groups in total. The molecule has 98 valence electrons. The molecule has 1 saturated carbocycles. The van der Waals surface area contributed by atoms with E-state index in [1.807, 2.05) is 0 Å². The molecule has 0 spiro atoms. The van der Waals surface area contributed by atoms with Crippen molar-refractivity contribution in [3.05, 3.63) is 34.9 Å². The molecule has 2 nitrogen and oxygen atoms in total. The van der Waals surface area contributed by atoms with Crippen LogP contribution >= 0.6 is 0 Å². The third-order valence-electron chi connectivity index (χ3n) is 4.21. The van der Waals surface area contributed by atoms with E-state index in [1.165, 1.54) is 50.1 Å². The molecule has 1 saturated heterocycles. The van der Waals surface area contributed by atoms with Crippen molar-refractivity contribution in [1.82, 2.24) is 9.80 Å².